The van der Waals surface area contributed by atoms with Gasteiger partial charge in [-0.3, -0.25) is 0 Å². The van der Waals surface area contributed by atoms with Crippen molar-refractivity contribution in [2.75, 3.05) is 0 Å². The van der Waals surface area contributed by atoms with Crippen molar-refractivity contribution in [3.63, 3.8) is 0 Å². The summed E-state index contributed by atoms with van der Waals surface area (Å²) in [4.78, 5) is 4.47. The molecule has 0 amide bonds. The first kappa shape index (κ1) is 36.6. The van der Waals surface area contributed by atoms with Crippen molar-refractivity contribution in [2.24, 2.45) is 5.92 Å². The Morgan fingerprint density at radius 3 is 1.38 bits per heavy atom. The van der Waals surface area contributed by atoms with E-state index in [2.05, 4.69) is 66.3 Å². The molecule has 2 nitrogen and oxygen atoms in total. The lowest BCUT2D eigenvalue weighted by Crippen LogP contribution is -2.21. The Morgan fingerprint density at radius 1 is 0.524 bits per heavy atom. The van der Waals surface area contributed by atoms with Gasteiger partial charge >= 0.3 is 0 Å². The number of aromatic nitrogens is 2. The van der Waals surface area contributed by atoms with Crippen LogP contribution in [0.1, 0.15) is 192 Å². The Kier molecular flexibility index (Phi) is 23.6. The molecule has 2 atom stereocenters. The van der Waals surface area contributed by atoms with E-state index in [9.17, 15) is 0 Å². The topological polar surface area (TPSA) is 17.8 Å². The zero-order chi connectivity index (χ0) is 29.8. The lowest BCUT2D eigenvalue weighted by molar-refractivity contribution is 0.275. The van der Waals surface area contributed by atoms with Crippen molar-refractivity contribution in [1.82, 2.24) is 9.55 Å². The smallest absolute Gasteiger partial charge is 0.0948 e. The van der Waals surface area contributed by atoms with Crippen LogP contribution < -0.4 is 0 Å². The molecule has 0 aliphatic heterocycles. The maximum Gasteiger partial charge on any atom is 0.0948 e. The molecule has 2 unspecified atom stereocenters. The van der Waals surface area contributed by atoms with Gasteiger partial charge in [-0.15, -0.1) is 0 Å². The van der Waals surface area contributed by atoms with Gasteiger partial charge < -0.3 is 4.57 Å². The number of unbranched alkanes of at least 4 members (excludes halogenated alkanes) is 22. The molecule has 1 heterocycles. The second kappa shape index (κ2) is 27.0. The summed E-state index contributed by atoms with van der Waals surface area (Å²) in [5, 5.41) is 0. The number of nitrogens with zero attached hydrogens (tertiary/aromatic N) is 2. The Hall–Kier alpha value is -1.57. The van der Waals surface area contributed by atoms with Crippen LogP contribution in [0.5, 0.6) is 0 Å². The van der Waals surface area contributed by atoms with E-state index in [0.29, 0.717) is 12.0 Å². The molecule has 0 spiro atoms. The zero-order valence-electron chi connectivity index (χ0n) is 28.3. The quantitative estimate of drug-likeness (QED) is 0.0843. The van der Waals surface area contributed by atoms with E-state index in [0.717, 1.165) is 0 Å². The van der Waals surface area contributed by atoms with E-state index in [4.69, 9.17) is 0 Å². The second-order valence-corrected chi connectivity index (χ2v) is 13.4. The predicted octanol–water partition coefficient (Wildman–Crippen LogP) is 13.5. The minimum atomic E-state index is 0.573. The normalized spacial score (nSPS) is 13.0. The van der Waals surface area contributed by atoms with Crippen LogP contribution in [0.4, 0.5) is 0 Å². The molecule has 0 saturated carbocycles. The first-order valence-corrected chi connectivity index (χ1v) is 18.9. The van der Waals surface area contributed by atoms with E-state index >= 15 is 0 Å². The molecule has 0 fully saturated rings. The Bertz CT molecular complexity index is 783. The van der Waals surface area contributed by atoms with Crippen molar-refractivity contribution in [1.29, 1.82) is 0 Å². The van der Waals surface area contributed by atoms with Gasteiger partial charge in [-0.2, -0.15) is 0 Å². The zero-order valence-corrected chi connectivity index (χ0v) is 28.3. The van der Waals surface area contributed by atoms with Crippen LogP contribution in [0.2, 0.25) is 0 Å². The van der Waals surface area contributed by atoms with Gasteiger partial charge in [0.2, 0.25) is 0 Å². The third-order valence-electron chi connectivity index (χ3n) is 9.57. The van der Waals surface area contributed by atoms with Crippen LogP contribution in [0.25, 0.3) is 0 Å². The van der Waals surface area contributed by atoms with Gasteiger partial charge in [-0.05, 0) is 30.7 Å². The van der Waals surface area contributed by atoms with Crippen LogP contribution in [0.3, 0.4) is 0 Å². The predicted molar refractivity (Wildman–Crippen MR) is 186 cm³/mol. The summed E-state index contributed by atoms with van der Waals surface area (Å²) in [6, 6.07) is 11.8. The minimum Gasteiger partial charge on any atom is -0.334 e. The summed E-state index contributed by atoms with van der Waals surface area (Å²) in [6.45, 7) is 4.61. The number of benzene rings is 1. The molecule has 0 aliphatic rings. The molecular weight excluding hydrogens is 508 g/mol. The molecule has 0 bridgehead atoms. The van der Waals surface area contributed by atoms with E-state index < -0.39 is 0 Å². The van der Waals surface area contributed by atoms with Gasteiger partial charge in [0.15, 0.2) is 0 Å². The maximum atomic E-state index is 4.47. The van der Waals surface area contributed by atoms with Crippen LogP contribution in [-0.2, 0) is 6.42 Å². The second-order valence-electron chi connectivity index (χ2n) is 13.4. The summed E-state index contributed by atoms with van der Waals surface area (Å²) >= 11 is 0. The highest BCUT2D eigenvalue weighted by atomic mass is 15.1. The summed E-state index contributed by atoms with van der Waals surface area (Å²) in [5.41, 5.74) is 1.50. The molecule has 0 saturated heterocycles. The van der Waals surface area contributed by atoms with E-state index in [1.807, 2.05) is 6.20 Å². The Labute approximate surface area is 262 Å². The lowest BCUT2D eigenvalue weighted by atomic mass is 9.84. The molecule has 2 heteroatoms. The minimum absolute atomic E-state index is 0.573. The number of imidazole rings is 1. The highest BCUT2D eigenvalue weighted by molar-refractivity contribution is 5.15. The van der Waals surface area contributed by atoms with E-state index in [1.165, 1.54) is 179 Å². The monoisotopic (exact) mass is 579 g/mol. The van der Waals surface area contributed by atoms with E-state index in [1.54, 1.807) is 0 Å². The molecule has 1 aromatic carbocycles. The summed E-state index contributed by atoms with van der Waals surface area (Å²) in [7, 11) is 0. The first-order chi connectivity index (χ1) is 20.8. The maximum absolute atomic E-state index is 4.47. The van der Waals surface area contributed by atoms with Gasteiger partial charge in [0.1, 0.15) is 0 Å². The van der Waals surface area contributed by atoms with Crippen molar-refractivity contribution in [3.8, 4) is 0 Å². The van der Waals surface area contributed by atoms with Gasteiger partial charge in [0.25, 0.3) is 0 Å². The van der Waals surface area contributed by atoms with Gasteiger partial charge in [0, 0.05) is 18.4 Å². The molecular formula is C40H70N2. The first-order valence-electron chi connectivity index (χ1n) is 18.9. The van der Waals surface area contributed by atoms with Crippen LogP contribution in [0, 0.1) is 5.92 Å². The van der Waals surface area contributed by atoms with Crippen LogP contribution >= 0.6 is 0 Å². The average Bonchev–Trinajstić information content (AvgIpc) is 3.55. The van der Waals surface area contributed by atoms with E-state index in [-0.39, 0.29) is 0 Å². The third kappa shape index (κ3) is 18.9. The summed E-state index contributed by atoms with van der Waals surface area (Å²) in [5.74, 6) is 0.692. The fraction of sp³-hybridized carbons (Fsp3) is 0.775. The Balaban J connectivity index is 1.71. The van der Waals surface area contributed by atoms with Crippen molar-refractivity contribution in [2.45, 2.75) is 193 Å². The molecule has 0 radical (unpaired) electrons. The largest absolute Gasteiger partial charge is 0.334 e. The van der Waals surface area contributed by atoms with Crippen molar-refractivity contribution >= 4 is 0 Å². The Morgan fingerprint density at radius 2 is 0.952 bits per heavy atom. The third-order valence-corrected chi connectivity index (χ3v) is 9.57. The number of rotatable bonds is 30. The standard InChI is InChI=1S/C40H70N2/c1-3-5-7-9-11-13-15-17-19-21-23-28-32-39(36-38-30-26-25-27-31-38)40(42-35-34-41-37-42)33-29-24-22-20-18-16-14-12-10-8-6-4-2/h25-27,30-31,34-35,37,39-40H,3-24,28-29,32-33,36H2,1-2H3. The van der Waals surface area contributed by atoms with Crippen LogP contribution in [0.15, 0.2) is 49.1 Å². The molecule has 2 aromatic rings. The number of hydrogen-bond donors (Lipinski definition) is 0. The molecule has 240 valence electrons. The highest BCUT2D eigenvalue weighted by Gasteiger charge is 2.23. The number of hydrogen-bond acceptors (Lipinski definition) is 1. The van der Waals surface area contributed by atoms with Crippen molar-refractivity contribution < 1.29 is 0 Å². The van der Waals surface area contributed by atoms with Crippen LogP contribution in [-0.4, -0.2) is 9.55 Å². The van der Waals surface area contributed by atoms with Gasteiger partial charge in [-0.25, -0.2) is 4.98 Å². The van der Waals surface area contributed by atoms with Gasteiger partial charge in [0.05, 0.1) is 6.33 Å². The molecule has 1 aromatic heterocycles. The molecule has 0 aliphatic carbocycles. The lowest BCUT2D eigenvalue weighted by Gasteiger charge is -2.29. The molecule has 0 N–H and O–H groups in total. The SMILES string of the molecule is CCCCCCCCCCCCCCC(Cc1ccccc1)C(CCCCCCCCCCCCCC)n1ccnc1. The fourth-order valence-corrected chi connectivity index (χ4v) is 6.88. The molecule has 2 rings (SSSR count). The van der Waals surface area contributed by atoms with Crippen molar-refractivity contribution in [3.05, 3.63) is 54.6 Å². The summed E-state index contributed by atoms with van der Waals surface area (Å²) in [6.07, 6.45) is 44.3. The van der Waals surface area contributed by atoms with Gasteiger partial charge in [-0.1, -0.05) is 198 Å². The average molecular weight is 579 g/mol. The fourth-order valence-electron chi connectivity index (χ4n) is 6.88. The highest BCUT2D eigenvalue weighted by Crippen LogP contribution is 2.32. The summed E-state index contributed by atoms with van der Waals surface area (Å²) < 4.78 is 2.45. The molecule has 42 heavy (non-hydrogen) atoms.